The van der Waals surface area contributed by atoms with E-state index in [0.29, 0.717) is 17.1 Å². The van der Waals surface area contributed by atoms with E-state index in [1.807, 2.05) is 66.4 Å². The molecule has 0 atom stereocenters. The lowest BCUT2D eigenvalue weighted by Crippen LogP contribution is -2.33. The molecule has 27 heavy (non-hydrogen) atoms. The number of hydrogen-bond donors (Lipinski definition) is 1. The number of carbonyl (C=O) groups is 1. The Balaban J connectivity index is 1.63. The number of nitrogens with one attached hydrogen (secondary N) is 1. The molecule has 1 aliphatic heterocycles. The average Bonchev–Trinajstić information content (AvgIpc) is 2.72. The molecule has 138 valence electrons. The molecule has 0 bridgehead atoms. The molecule has 4 rings (SSSR count). The van der Waals surface area contributed by atoms with Crippen LogP contribution in [-0.2, 0) is 6.54 Å². The van der Waals surface area contributed by atoms with Gasteiger partial charge in [0.15, 0.2) is 0 Å². The van der Waals surface area contributed by atoms with Crippen LogP contribution in [0.5, 0.6) is 0 Å². The van der Waals surface area contributed by atoms with Crippen LogP contribution in [0.4, 0.5) is 5.82 Å². The normalized spacial score (nSPS) is 14.3. The Morgan fingerprint density at radius 3 is 2.74 bits per heavy atom. The second-order valence-electron chi connectivity index (χ2n) is 6.46. The number of pyridine rings is 1. The molecule has 1 saturated heterocycles. The summed E-state index contributed by atoms with van der Waals surface area (Å²) in [6, 6.07) is 17.3. The lowest BCUT2D eigenvalue weighted by atomic mass is 10.1. The van der Waals surface area contributed by atoms with Crippen molar-refractivity contribution >= 4 is 46.0 Å². The molecule has 1 aromatic heterocycles. The van der Waals surface area contributed by atoms with E-state index in [4.69, 9.17) is 16.6 Å². The first kappa shape index (κ1) is 18.1. The fraction of sp³-hybridized carbons (Fsp3) is 0.238. The number of benzene rings is 2. The fourth-order valence-electron chi connectivity index (χ4n) is 3.23. The maximum absolute atomic E-state index is 13.0. The third-order valence-corrected chi connectivity index (χ3v) is 5.80. The van der Waals surface area contributed by atoms with Gasteiger partial charge in [-0.3, -0.25) is 4.79 Å². The number of amides is 1. The Bertz CT molecular complexity index is 973. The Kier molecular flexibility index (Phi) is 5.50. The number of rotatable bonds is 4. The van der Waals surface area contributed by atoms with Gasteiger partial charge in [-0.15, -0.1) is 0 Å². The summed E-state index contributed by atoms with van der Waals surface area (Å²) in [5.41, 5.74) is 2.49. The highest BCUT2D eigenvalue weighted by atomic mass is 35.5. The van der Waals surface area contributed by atoms with Gasteiger partial charge in [-0.1, -0.05) is 41.9 Å². The number of anilines is 1. The van der Waals surface area contributed by atoms with Gasteiger partial charge < -0.3 is 10.2 Å². The standard InChI is InChI=1S/C21H20ClN3OS/c22-16-5-3-4-15(12-16)14-23-21(26)18-13-20(25-8-10-27-11-9-25)24-19-7-2-1-6-17(18)19/h1-7,12-13H,8-11,14H2,(H,23,26). The predicted molar refractivity (Wildman–Crippen MR) is 114 cm³/mol. The van der Waals surface area contributed by atoms with Crippen molar-refractivity contribution in [2.24, 2.45) is 0 Å². The molecule has 0 spiro atoms. The van der Waals surface area contributed by atoms with E-state index in [0.717, 1.165) is 46.9 Å². The van der Waals surface area contributed by atoms with Crippen molar-refractivity contribution in [3.8, 4) is 0 Å². The van der Waals surface area contributed by atoms with Gasteiger partial charge in [0.2, 0.25) is 0 Å². The molecule has 0 aliphatic carbocycles. The molecule has 1 aliphatic rings. The quantitative estimate of drug-likeness (QED) is 0.710. The lowest BCUT2D eigenvalue weighted by Gasteiger charge is -2.28. The fourth-order valence-corrected chi connectivity index (χ4v) is 4.34. The largest absolute Gasteiger partial charge is 0.355 e. The van der Waals surface area contributed by atoms with E-state index in [1.165, 1.54) is 0 Å². The molecule has 0 unspecified atom stereocenters. The first-order valence-corrected chi connectivity index (χ1v) is 10.5. The molecule has 3 aromatic rings. The molecule has 1 amide bonds. The van der Waals surface area contributed by atoms with Crippen LogP contribution in [0, 0.1) is 0 Å². The lowest BCUT2D eigenvalue weighted by molar-refractivity contribution is 0.0952. The molecule has 4 nitrogen and oxygen atoms in total. The Morgan fingerprint density at radius 1 is 1.11 bits per heavy atom. The first-order chi connectivity index (χ1) is 13.2. The maximum Gasteiger partial charge on any atom is 0.252 e. The van der Waals surface area contributed by atoms with Crippen LogP contribution in [0.15, 0.2) is 54.6 Å². The van der Waals surface area contributed by atoms with Gasteiger partial charge >= 0.3 is 0 Å². The second kappa shape index (κ2) is 8.19. The van der Waals surface area contributed by atoms with Crippen molar-refractivity contribution in [2.75, 3.05) is 29.5 Å². The van der Waals surface area contributed by atoms with E-state index >= 15 is 0 Å². The molecule has 2 heterocycles. The van der Waals surface area contributed by atoms with Crippen molar-refractivity contribution in [1.82, 2.24) is 10.3 Å². The molecular formula is C21H20ClN3OS. The predicted octanol–water partition coefficient (Wildman–Crippen LogP) is 4.37. The van der Waals surface area contributed by atoms with Crippen LogP contribution in [0.3, 0.4) is 0 Å². The molecule has 1 fully saturated rings. The summed E-state index contributed by atoms with van der Waals surface area (Å²) in [4.78, 5) is 20.0. The minimum absolute atomic E-state index is 0.0961. The molecule has 1 N–H and O–H groups in total. The van der Waals surface area contributed by atoms with Crippen LogP contribution in [-0.4, -0.2) is 35.5 Å². The number of thioether (sulfide) groups is 1. The van der Waals surface area contributed by atoms with Crippen molar-refractivity contribution in [2.45, 2.75) is 6.54 Å². The third kappa shape index (κ3) is 4.20. The average molecular weight is 398 g/mol. The van der Waals surface area contributed by atoms with E-state index < -0.39 is 0 Å². The van der Waals surface area contributed by atoms with Crippen LogP contribution < -0.4 is 10.2 Å². The Labute approximate surface area is 167 Å². The molecule has 0 saturated carbocycles. The van der Waals surface area contributed by atoms with Gasteiger partial charge in [-0.2, -0.15) is 11.8 Å². The number of hydrogen-bond acceptors (Lipinski definition) is 4. The van der Waals surface area contributed by atoms with Crippen molar-refractivity contribution < 1.29 is 4.79 Å². The molecule has 2 aromatic carbocycles. The van der Waals surface area contributed by atoms with Crippen LogP contribution in [0.25, 0.3) is 10.9 Å². The number of fused-ring (bicyclic) bond motifs is 1. The van der Waals surface area contributed by atoms with Gasteiger partial charge in [0.05, 0.1) is 11.1 Å². The number of para-hydroxylation sites is 1. The van der Waals surface area contributed by atoms with Gasteiger partial charge in [0.25, 0.3) is 5.91 Å². The molecule has 0 radical (unpaired) electrons. The van der Waals surface area contributed by atoms with E-state index in [1.54, 1.807) is 0 Å². The van der Waals surface area contributed by atoms with Crippen molar-refractivity contribution in [1.29, 1.82) is 0 Å². The second-order valence-corrected chi connectivity index (χ2v) is 8.12. The summed E-state index contributed by atoms with van der Waals surface area (Å²) >= 11 is 7.99. The number of carbonyl (C=O) groups excluding carboxylic acids is 1. The van der Waals surface area contributed by atoms with Gasteiger partial charge in [-0.25, -0.2) is 4.98 Å². The van der Waals surface area contributed by atoms with Crippen molar-refractivity contribution in [3.63, 3.8) is 0 Å². The number of halogens is 1. The summed E-state index contributed by atoms with van der Waals surface area (Å²) in [5.74, 6) is 2.96. The monoisotopic (exact) mass is 397 g/mol. The maximum atomic E-state index is 13.0. The highest BCUT2D eigenvalue weighted by molar-refractivity contribution is 7.99. The van der Waals surface area contributed by atoms with Crippen LogP contribution in [0.1, 0.15) is 15.9 Å². The smallest absolute Gasteiger partial charge is 0.252 e. The summed E-state index contributed by atoms with van der Waals surface area (Å²) in [6.07, 6.45) is 0. The van der Waals surface area contributed by atoms with E-state index in [2.05, 4.69) is 10.2 Å². The van der Waals surface area contributed by atoms with Gasteiger partial charge in [0, 0.05) is 41.5 Å². The molecule has 6 heteroatoms. The van der Waals surface area contributed by atoms with Gasteiger partial charge in [0.1, 0.15) is 5.82 Å². The minimum atomic E-state index is -0.0961. The summed E-state index contributed by atoms with van der Waals surface area (Å²) in [5, 5.41) is 4.56. The van der Waals surface area contributed by atoms with Crippen LogP contribution >= 0.6 is 23.4 Å². The summed E-state index contributed by atoms with van der Waals surface area (Å²) in [7, 11) is 0. The topological polar surface area (TPSA) is 45.2 Å². The van der Waals surface area contributed by atoms with E-state index in [9.17, 15) is 4.79 Å². The Hall–Kier alpha value is -2.24. The number of aromatic nitrogens is 1. The molecular weight excluding hydrogens is 378 g/mol. The number of nitrogens with zero attached hydrogens (tertiary/aromatic N) is 2. The van der Waals surface area contributed by atoms with E-state index in [-0.39, 0.29) is 5.91 Å². The zero-order valence-electron chi connectivity index (χ0n) is 14.8. The van der Waals surface area contributed by atoms with Crippen molar-refractivity contribution in [3.05, 3.63) is 70.7 Å². The Morgan fingerprint density at radius 2 is 1.93 bits per heavy atom. The minimum Gasteiger partial charge on any atom is -0.355 e. The first-order valence-electron chi connectivity index (χ1n) is 8.96. The third-order valence-electron chi connectivity index (χ3n) is 4.62. The highest BCUT2D eigenvalue weighted by Crippen LogP contribution is 2.25. The van der Waals surface area contributed by atoms with Gasteiger partial charge in [-0.05, 0) is 29.8 Å². The summed E-state index contributed by atoms with van der Waals surface area (Å²) < 4.78 is 0. The zero-order chi connectivity index (χ0) is 18.6. The SMILES string of the molecule is O=C(NCc1cccc(Cl)c1)c1cc(N2CCSCC2)nc2ccccc12. The zero-order valence-corrected chi connectivity index (χ0v) is 16.4. The van der Waals surface area contributed by atoms with Crippen LogP contribution in [0.2, 0.25) is 5.02 Å². The highest BCUT2D eigenvalue weighted by Gasteiger charge is 2.18. The summed E-state index contributed by atoms with van der Waals surface area (Å²) in [6.45, 7) is 2.35.